The van der Waals surface area contributed by atoms with Gasteiger partial charge in [-0.3, -0.25) is 0 Å². The van der Waals surface area contributed by atoms with E-state index in [1.807, 2.05) is 13.8 Å². The fourth-order valence-electron chi connectivity index (χ4n) is 1.60. The molecule has 8 heteroatoms. The minimum atomic E-state index is -4.29. The monoisotopic (exact) mass is 321 g/mol. The predicted octanol–water partition coefficient (Wildman–Crippen LogP) is 2.33. The van der Waals surface area contributed by atoms with Crippen molar-refractivity contribution in [2.75, 3.05) is 13.6 Å². The topological polar surface area (TPSA) is 74.7 Å². The summed E-state index contributed by atoms with van der Waals surface area (Å²) in [7, 11) is -3.05. The first-order chi connectivity index (χ1) is 9.57. The zero-order chi connectivity index (χ0) is 16.4. The van der Waals surface area contributed by atoms with Gasteiger partial charge < -0.3 is 5.11 Å². The molecule has 0 radical (unpaired) electrons. The van der Waals surface area contributed by atoms with Crippen molar-refractivity contribution in [1.82, 2.24) is 4.31 Å². The molecule has 1 aromatic rings. The molecule has 0 amide bonds. The van der Waals surface area contributed by atoms with Gasteiger partial charge in [0.05, 0.1) is 5.56 Å². The molecule has 0 spiro atoms. The molecule has 0 atom stereocenters. The number of aromatic carboxylic acids is 1. The van der Waals surface area contributed by atoms with Crippen LogP contribution in [0.3, 0.4) is 0 Å². The minimum absolute atomic E-state index is 0.123. The first-order valence-electron chi connectivity index (χ1n) is 6.26. The number of carboxylic acid groups (broad SMARTS) is 1. The fourth-order valence-corrected chi connectivity index (χ4v) is 2.88. The Morgan fingerprint density at radius 1 is 1.33 bits per heavy atom. The van der Waals surface area contributed by atoms with Crippen molar-refractivity contribution in [2.24, 2.45) is 5.92 Å². The van der Waals surface area contributed by atoms with Gasteiger partial charge in [-0.05, 0) is 24.5 Å². The van der Waals surface area contributed by atoms with Crippen molar-refractivity contribution in [3.8, 4) is 0 Å². The summed E-state index contributed by atoms with van der Waals surface area (Å²) in [4.78, 5) is 9.86. The van der Waals surface area contributed by atoms with Gasteiger partial charge in [-0.2, -0.15) is 0 Å². The first-order valence-corrected chi connectivity index (χ1v) is 7.70. The highest BCUT2D eigenvalue weighted by molar-refractivity contribution is 7.89. The van der Waals surface area contributed by atoms with Gasteiger partial charge in [0, 0.05) is 13.6 Å². The van der Waals surface area contributed by atoms with E-state index in [0.29, 0.717) is 18.6 Å². The lowest BCUT2D eigenvalue weighted by Gasteiger charge is -2.19. The van der Waals surface area contributed by atoms with E-state index in [9.17, 15) is 22.0 Å². The molecule has 0 aliphatic carbocycles. The number of carboxylic acids is 1. The van der Waals surface area contributed by atoms with E-state index in [1.165, 1.54) is 7.05 Å². The van der Waals surface area contributed by atoms with Crippen LogP contribution in [0.25, 0.3) is 0 Å². The van der Waals surface area contributed by atoms with Gasteiger partial charge >= 0.3 is 5.97 Å². The smallest absolute Gasteiger partial charge is 0.335 e. The van der Waals surface area contributed by atoms with Gasteiger partial charge in [0.1, 0.15) is 4.90 Å². The van der Waals surface area contributed by atoms with Crippen LogP contribution in [0.2, 0.25) is 0 Å². The number of nitrogens with zero attached hydrogens (tertiary/aromatic N) is 1. The second-order valence-electron chi connectivity index (χ2n) is 5.08. The Labute approximate surface area is 122 Å². The summed E-state index contributed by atoms with van der Waals surface area (Å²) in [5.41, 5.74) is -0.621. The highest BCUT2D eigenvalue weighted by Gasteiger charge is 2.28. The molecule has 0 aromatic heterocycles. The largest absolute Gasteiger partial charge is 0.478 e. The number of hydrogen-bond acceptors (Lipinski definition) is 3. The summed E-state index contributed by atoms with van der Waals surface area (Å²) in [6, 6.07) is 1.08. The number of sulfonamides is 1. The highest BCUT2D eigenvalue weighted by atomic mass is 32.2. The molecular weight excluding hydrogens is 304 g/mol. The SMILES string of the molecule is CC(C)CCN(C)S(=O)(=O)c1cc(C(=O)O)cc(F)c1F. The average molecular weight is 321 g/mol. The maximum absolute atomic E-state index is 13.7. The Morgan fingerprint density at radius 3 is 2.38 bits per heavy atom. The Hall–Kier alpha value is -1.54. The van der Waals surface area contributed by atoms with E-state index >= 15 is 0 Å². The summed E-state index contributed by atoms with van der Waals surface area (Å²) >= 11 is 0. The van der Waals surface area contributed by atoms with Gasteiger partial charge in [-0.1, -0.05) is 13.8 Å². The molecule has 1 aromatic carbocycles. The minimum Gasteiger partial charge on any atom is -0.478 e. The second kappa shape index (κ2) is 6.48. The van der Waals surface area contributed by atoms with Crippen molar-refractivity contribution >= 4 is 16.0 Å². The summed E-state index contributed by atoms with van der Waals surface area (Å²) in [5, 5.41) is 8.81. The van der Waals surface area contributed by atoms with Crippen LogP contribution >= 0.6 is 0 Å². The Kier molecular flexibility index (Phi) is 5.41. The maximum atomic E-state index is 13.7. The Morgan fingerprint density at radius 2 is 1.90 bits per heavy atom. The van der Waals surface area contributed by atoms with Crippen LogP contribution in [0, 0.1) is 17.6 Å². The summed E-state index contributed by atoms with van der Waals surface area (Å²) in [5.74, 6) is -4.38. The van der Waals surface area contributed by atoms with Crippen LogP contribution in [0.4, 0.5) is 8.78 Å². The number of hydrogen-bond donors (Lipinski definition) is 1. The lowest BCUT2D eigenvalue weighted by molar-refractivity contribution is 0.0696. The molecule has 1 rings (SSSR count). The molecule has 0 heterocycles. The van der Waals surface area contributed by atoms with Gasteiger partial charge in [0.2, 0.25) is 10.0 Å². The zero-order valence-corrected chi connectivity index (χ0v) is 12.7. The molecule has 5 nitrogen and oxygen atoms in total. The lowest BCUT2D eigenvalue weighted by atomic mass is 10.1. The molecule has 0 saturated heterocycles. The van der Waals surface area contributed by atoms with E-state index < -0.39 is 38.1 Å². The first kappa shape index (κ1) is 17.5. The van der Waals surface area contributed by atoms with Gasteiger partial charge in [0.15, 0.2) is 11.6 Å². The Bertz CT molecular complexity index is 644. The normalized spacial score (nSPS) is 12.1. The molecule has 0 aliphatic heterocycles. The van der Waals surface area contributed by atoms with Crippen LogP contribution < -0.4 is 0 Å². The van der Waals surface area contributed by atoms with E-state index in [4.69, 9.17) is 5.11 Å². The quantitative estimate of drug-likeness (QED) is 0.872. The summed E-state index contributed by atoms with van der Waals surface area (Å²) in [6.45, 7) is 3.91. The predicted molar refractivity (Wildman–Crippen MR) is 72.6 cm³/mol. The van der Waals surface area contributed by atoms with E-state index in [2.05, 4.69) is 0 Å². The van der Waals surface area contributed by atoms with Crippen molar-refractivity contribution in [3.05, 3.63) is 29.3 Å². The van der Waals surface area contributed by atoms with Crippen LogP contribution in [0.15, 0.2) is 17.0 Å². The number of carbonyl (C=O) groups is 1. The third kappa shape index (κ3) is 3.98. The van der Waals surface area contributed by atoms with Crippen molar-refractivity contribution in [3.63, 3.8) is 0 Å². The standard InChI is InChI=1S/C13H17F2NO4S/c1-8(2)4-5-16(3)21(19,20)11-7-9(13(17)18)6-10(14)12(11)15/h6-8H,4-5H2,1-3H3,(H,17,18). The van der Waals surface area contributed by atoms with Crippen LogP contribution in [-0.4, -0.2) is 37.4 Å². The fraction of sp³-hybridized carbons (Fsp3) is 0.462. The van der Waals surface area contributed by atoms with Gasteiger partial charge in [-0.15, -0.1) is 0 Å². The molecule has 0 unspecified atom stereocenters. The van der Waals surface area contributed by atoms with Crippen molar-refractivity contribution in [2.45, 2.75) is 25.2 Å². The third-order valence-electron chi connectivity index (χ3n) is 2.95. The number of halogens is 2. The number of benzene rings is 1. The van der Waals surface area contributed by atoms with Gasteiger partial charge in [-0.25, -0.2) is 26.3 Å². The molecule has 1 N–H and O–H groups in total. The number of rotatable bonds is 6. The van der Waals surface area contributed by atoms with E-state index in [0.717, 1.165) is 4.31 Å². The van der Waals surface area contributed by atoms with Gasteiger partial charge in [0.25, 0.3) is 0 Å². The molecule has 21 heavy (non-hydrogen) atoms. The summed E-state index contributed by atoms with van der Waals surface area (Å²) < 4.78 is 52.4. The van der Waals surface area contributed by atoms with E-state index in [1.54, 1.807) is 0 Å². The van der Waals surface area contributed by atoms with Crippen LogP contribution in [-0.2, 0) is 10.0 Å². The van der Waals surface area contributed by atoms with E-state index in [-0.39, 0.29) is 12.5 Å². The third-order valence-corrected chi connectivity index (χ3v) is 4.81. The second-order valence-corrected chi connectivity index (χ2v) is 7.10. The van der Waals surface area contributed by atoms with Crippen molar-refractivity contribution < 1.29 is 27.1 Å². The van der Waals surface area contributed by atoms with Crippen molar-refractivity contribution in [1.29, 1.82) is 0 Å². The molecule has 118 valence electrons. The molecular formula is C13H17F2NO4S. The summed E-state index contributed by atoms with van der Waals surface area (Å²) in [6.07, 6.45) is 0.540. The molecule has 0 bridgehead atoms. The van der Waals surface area contributed by atoms with Crippen LogP contribution in [0.5, 0.6) is 0 Å². The average Bonchev–Trinajstić information content (AvgIpc) is 2.38. The Balaban J connectivity index is 3.27. The molecule has 0 saturated carbocycles. The molecule has 0 aliphatic rings. The zero-order valence-electron chi connectivity index (χ0n) is 11.9. The van der Waals surface area contributed by atoms with Crippen LogP contribution in [0.1, 0.15) is 30.6 Å². The lowest BCUT2D eigenvalue weighted by Crippen LogP contribution is -2.29. The highest BCUT2D eigenvalue weighted by Crippen LogP contribution is 2.23. The maximum Gasteiger partial charge on any atom is 0.335 e. The molecule has 0 fully saturated rings.